The second kappa shape index (κ2) is 12.7. The highest BCUT2D eigenvalue weighted by Crippen LogP contribution is 2.19. The zero-order valence-corrected chi connectivity index (χ0v) is 19.8. The monoisotopic (exact) mass is 453 g/mol. The third-order valence-corrected chi connectivity index (χ3v) is 6.59. The molecule has 6 heteroatoms. The Morgan fingerprint density at radius 3 is 2.34 bits per heavy atom. The second-order valence-corrected chi connectivity index (χ2v) is 9.38. The number of hydrogen-bond donors (Lipinski definition) is 0. The van der Waals surface area contributed by atoms with Crippen molar-refractivity contribution < 1.29 is 17.9 Å². The standard InChI is InChI=1S/C26H31NO4S/c1-4-5-6-7-8-9-10-11-20-27(21-23-14-12-22(2)13-15-23)32(29,30)25-18-16-24(17-19-25)26(28)31-3/h9-10,12-19H,4-8,21H2,1-3H3/b10-9+. The van der Waals surface area contributed by atoms with Gasteiger partial charge in [-0.3, -0.25) is 0 Å². The van der Waals surface area contributed by atoms with Crippen molar-refractivity contribution in [3.05, 3.63) is 77.4 Å². The van der Waals surface area contributed by atoms with Crippen molar-refractivity contribution >= 4 is 16.0 Å². The molecule has 0 N–H and O–H groups in total. The van der Waals surface area contributed by atoms with Gasteiger partial charge in [0.1, 0.15) is 0 Å². The summed E-state index contributed by atoms with van der Waals surface area (Å²) in [4.78, 5) is 11.7. The van der Waals surface area contributed by atoms with Crippen molar-refractivity contribution in [2.75, 3.05) is 7.11 Å². The number of esters is 1. The first-order chi connectivity index (χ1) is 15.4. The molecule has 0 saturated heterocycles. The topological polar surface area (TPSA) is 63.7 Å². The van der Waals surface area contributed by atoms with Crippen molar-refractivity contribution in [1.29, 1.82) is 0 Å². The maximum Gasteiger partial charge on any atom is 0.337 e. The zero-order chi connectivity index (χ0) is 23.4. The van der Waals surface area contributed by atoms with E-state index in [1.165, 1.54) is 50.6 Å². The number of allylic oxidation sites excluding steroid dienone is 2. The average Bonchev–Trinajstić information content (AvgIpc) is 2.80. The van der Waals surface area contributed by atoms with Gasteiger partial charge in [-0.2, -0.15) is 0 Å². The molecule has 0 radical (unpaired) electrons. The number of rotatable bonds is 10. The Bertz CT molecular complexity index is 1060. The van der Waals surface area contributed by atoms with Gasteiger partial charge in [0.15, 0.2) is 0 Å². The normalized spacial score (nSPS) is 11.1. The van der Waals surface area contributed by atoms with E-state index in [-0.39, 0.29) is 17.0 Å². The predicted molar refractivity (Wildman–Crippen MR) is 127 cm³/mol. The van der Waals surface area contributed by atoms with E-state index in [1.807, 2.05) is 37.3 Å². The Labute approximate surface area is 192 Å². The van der Waals surface area contributed by atoms with E-state index in [0.717, 1.165) is 28.3 Å². The van der Waals surface area contributed by atoms with Crippen molar-refractivity contribution in [2.45, 2.75) is 57.4 Å². The summed E-state index contributed by atoms with van der Waals surface area (Å²) in [5, 5.41) is 0. The molecule has 170 valence electrons. The van der Waals surface area contributed by atoms with Crippen LogP contribution in [-0.2, 0) is 21.3 Å². The summed E-state index contributed by atoms with van der Waals surface area (Å²) in [7, 11) is -2.61. The number of carbonyl (C=O) groups is 1. The SMILES string of the molecule is CCCCCC/C=C/C#CN(Cc1ccc(C)cc1)S(=O)(=O)c1ccc(C(=O)OC)cc1. The molecule has 0 amide bonds. The Morgan fingerprint density at radius 2 is 1.72 bits per heavy atom. The van der Waals surface area contributed by atoms with Crippen LogP contribution in [0.4, 0.5) is 0 Å². The second-order valence-electron chi connectivity index (χ2n) is 7.52. The highest BCUT2D eigenvalue weighted by molar-refractivity contribution is 7.89. The van der Waals surface area contributed by atoms with Crippen molar-refractivity contribution in [2.24, 2.45) is 0 Å². The van der Waals surface area contributed by atoms with Gasteiger partial charge in [0.05, 0.1) is 24.1 Å². The summed E-state index contributed by atoms with van der Waals surface area (Å²) >= 11 is 0. The van der Waals surface area contributed by atoms with Gasteiger partial charge in [0.2, 0.25) is 0 Å². The van der Waals surface area contributed by atoms with Crippen molar-refractivity contribution in [3.8, 4) is 12.0 Å². The van der Waals surface area contributed by atoms with Crippen LogP contribution in [0.1, 0.15) is 60.5 Å². The number of nitrogens with zero attached hydrogens (tertiary/aromatic N) is 1. The molecule has 5 nitrogen and oxygen atoms in total. The fraction of sp³-hybridized carbons (Fsp3) is 0.346. The van der Waals surface area contributed by atoms with E-state index >= 15 is 0 Å². The maximum atomic E-state index is 13.3. The van der Waals surface area contributed by atoms with E-state index in [1.54, 1.807) is 6.08 Å². The first kappa shape index (κ1) is 25.2. The molecule has 0 bridgehead atoms. The first-order valence-corrected chi connectivity index (χ1v) is 12.3. The molecule has 0 aliphatic heterocycles. The molecule has 0 atom stereocenters. The highest BCUT2D eigenvalue weighted by atomic mass is 32.2. The fourth-order valence-electron chi connectivity index (χ4n) is 2.99. The summed E-state index contributed by atoms with van der Waals surface area (Å²) in [6, 6.07) is 16.1. The fourth-order valence-corrected chi connectivity index (χ4v) is 4.22. The summed E-state index contributed by atoms with van der Waals surface area (Å²) < 4.78 is 32.4. The molecular formula is C26H31NO4S. The van der Waals surface area contributed by atoms with Crippen LogP contribution in [0.2, 0.25) is 0 Å². The van der Waals surface area contributed by atoms with Gasteiger partial charge in [0, 0.05) is 6.04 Å². The smallest absolute Gasteiger partial charge is 0.337 e. The van der Waals surface area contributed by atoms with Gasteiger partial charge in [0.25, 0.3) is 10.0 Å². The molecule has 2 aromatic carbocycles. The molecule has 32 heavy (non-hydrogen) atoms. The molecule has 0 aromatic heterocycles. The number of methoxy groups -OCH3 is 1. The summed E-state index contributed by atoms with van der Waals surface area (Å²) in [5.41, 5.74) is 2.22. The zero-order valence-electron chi connectivity index (χ0n) is 19.0. The van der Waals surface area contributed by atoms with E-state index in [9.17, 15) is 13.2 Å². The van der Waals surface area contributed by atoms with Crippen LogP contribution >= 0.6 is 0 Å². The quantitative estimate of drug-likeness (QED) is 0.207. The molecule has 2 aromatic rings. The van der Waals surface area contributed by atoms with Gasteiger partial charge < -0.3 is 4.74 Å². The molecular weight excluding hydrogens is 422 g/mol. The van der Waals surface area contributed by atoms with Crippen LogP contribution in [0, 0.1) is 18.9 Å². The number of ether oxygens (including phenoxy) is 1. The molecule has 0 spiro atoms. The lowest BCUT2D eigenvalue weighted by Crippen LogP contribution is -2.26. The summed E-state index contributed by atoms with van der Waals surface area (Å²) in [6.07, 6.45) is 9.31. The lowest BCUT2D eigenvalue weighted by Gasteiger charge is -2.18. The lowest BCUT2D eigenvalue weighted by molar-refractivity contribution is 0.0600. The Morgan fingerprint density at radius 1 is 1.03 bits per heavy atom. The molecule has 0 heterocycles. The third kappa shape index (κ3) is 7.58. The molecule has 0 aliphatic rings. The van der Waals surface area contributed by atoms with Gasteiger partial charge in [-0.15, -0.1) is 0 Å². The number of sulfonamides is 1. The van der Waals surface area contributed by atoms with E-state index in [4.69, 9.17) is 0 Å². The van der Waals surface area contributed by atoms with Gasteiger partial charge >= 0.3 is 5.97 Å². The number of carbonyl (C=O) groups excluding carboxylic acids is 1. The number of unbranched alkanes of at least 4 members (excludes halogenated alkanes) is 4. The number of benzene rings is 2. The first-order valence-electron chi connectivity index (χ1n) is 10.8. The van der Waals surface area contributed by atoms with Crippen LogP contribution in [0.15, 0.2) is 65.6 Å². The molecule has 0 unspecified atom stereocenters. The largest absolute Gasteiger partial charge is 0.465 e. The van der Waals surface area contributed by atoms with E-state index in [0.29, 0.717) is 0 Å². The van der Waals surface area contributed by atoms with Gasteiger partial charge in [-0.25, -0.2) is 17.5 Å². The van der Waals surface area contributed by atoms with Crippen LogP contribution in [-0.4, -0.2) is 25.8 Å². The maximum absolute atomic E-state index is 13.3. The molecule has 0 aliphatic carbocycles. The van der Waals surface area contributed by atoms with Crippen LogP contribution in [0.25, 0.3) is 0 Å². The minimum Gasteiger partial charge on any atom is -0.465 e. The Kier molecular flexibility index (Phi) is 10.0. The summed E-state index contributed by atoms with van der Waals surface area (Å²) in [5.74, 6) is 2.35. The highest BCUT2D eigenvalue weighted by Gasteiger charge is 2.23. The minimum absolute atomic E-state index is 0.0649. The lowest BCUT2D eigenvalue weighted by atomic mass is 10.1. The van der Waals surface area contributed by atoms with Crippen LogP contribution in [0.5, 0.6) is 0 Å². The van der Waals surface area contributed by atoms with E-state index < -0.39 is 16.0 Å². The van der Waals surface area contributed by atoms with Crippen LogP contribution in [0.3, 0.4) is 0 Å². The van der Waals surface area contributed by atoms with Crippen LogP contribution < -0.4 is 0 Å². The Balaban J connectivity index is 2.24. The van der Waals surface area contributed by atoms with Gasteiger partial charge in [-0.1, -0.05) is 68.0 Å². The minimum atomic E-state index is -3.89. The molecule has 0 fully saturated rings. The molecule has 2 rings (SSSR count). The summed E-state index contributed by atoms with van der Waals surface area (Å²) in [6.45, 7) is 4.28. The number of hydrogen-bond acceptors (Lipinski definition) is 4. The third-order valence-electron chi connectivity index (χ3n) is 4.92. The van der Waals surface area contributed by atoms with Crippen molar-refractivity contribution in [1.82, 2.24) is 4.31 Å². The average molecular weight is 454 g/mol. The Hall–Kier alpha value is -3.04. The van der Waals surface area contributed by atoms with Crippen molar-refractivity contribution in [3.63, 3.8) is 0 Å². The number of aryl methyl sites for hydroxylation is 1. The molecule has 0 saturated carbocycles. The van der Waals surface area contributed by atoms with Gasteiger partial charge in [-0.05, 0) is 55.7 Å². The predicted octanol–water partition coefficient (Wildman–Crippen LogP) is 5.46. The van der Waals surface area contributed by atoms with E-state index in [2.05, 4.69) is 23.6 Å².